The molecule has 7 heteroatoms. The summed E-state index contributed by atoms with van der Waals surface area (Å²) in [4.78, 5) is 28.6. The highest BCUT2D eigenvalue weighted by atomic mass is 16.6. The van der Waals surface area contributed by atoms with Crippen LogP contribution in [0.2, 0.25) is 0 Å². The molecule has 27 heavy (non-hydrogen) atoms. The lowest BCUT2D eigenvalue weighted by Crippen LogP contribution is -2.18. The quantitative estimate of drug-likeness (QED) is 0.552. The van der Waals surface area contributed by atoms with Gasteiger partial charge < -0.3 is 20.2 Å². The van der Waals surface area contributed by atoms with Crippen LogP contribution in [0.1, 0.15) is 18.1 Å². The van der Waals surface area contributed by atoms with Crippen molar-refractivity contribution in [3.05, 3.63) is 53.6 Å². The van der Waals surface area contributed by atoms with E-state index in [1.54, 1.807) is 18.2 Å². The molecule has 0 aliphatic heterocycles. The first kappa shape index (κ1) is 20.0. The van der Waals surface area contributed by atoms with Gasteiger partial charge in [-0.05, 0) is 44.5 Å². The minimum absolute atomic E-state index is 0.326. The van der Waals surface area contributed by atoms with Crippen molar-refractivity contribution in [2.24, 2.45) is 5.16 Å². The number of amides is 2. The fourth-order valence-electron chi connectivity index (χ4n) is 2.34. The third-order valence-electron chi connectivity index (χ3n) is 3.54. The highest BCUT2D eigenvalue weighted by molar-refractivity contribution is 6.31. The van der Waals surface area contributed by atoms with Crippen LogP contribution in [-0.2, 0) is 14.4 Å². The predicted molar refractivity (Wildman–Crippen MR) is 105 cm³/mol. The summed E-state index contributed by atoms with van der Waals surface area (Å²) in [6.45, 7) is 5.91. The van der Waals surface area contributed by atoms with Crippen LogP contribution in [-0.4, -0.2) is 31.2 Å². The maximum absolute atomic E-state index is 11.9. The maximum atomic E-state index is 11.9. The Morgan fingerprint density at radius 2 is 1.85 bits per heavy atom. The smallest absolute Gasteiger partial charge is 0.270 e. The lowest BCUT2D eigenvalue weighted by atomic mass is 10.1. The molecule has 0 saturated carbocycles. The molecule has 0 heterocycles. The fourth-order valence-corrected chi connectivity index (χ4v) is 2.34. The first-order chi connectivity index (χ1) is 13.0. The zero-order valence-electron chi connectivity index (χ0n) is 15.6. The van der Waals surface area contributed by atoms with E-state index in [2.05, 4.69) is 15.8 Å². The average molecular weight is 369 g/mol. The number of carbonyl (C=O) groups excluding carboxylic acids is 2. The third-order valence-corrected chi connectivity index (χ3v) is 3.54. The molecular formula is C20H23N3O4. The molecule has 0 radical (unpaired) electrons. The van der Waals surface area contributed by atoms with Gasteiger partial charge in [0.25, 0.3) is 11.8 Å². The second-order valence-corrected chi connectivity index (χ2v) is 5.79. The van der Waals surface area contributed by atoms with Gasteiger partial charge in [0.1, 0.15) is 12.0 Å². The zero-order valence-corrected chi connectivity index (χ0v) is 15.6. The molecule has 7 nitrogen and oxygen atoms in total. The van der Waals surface area contributed by atoms with Crippen LogP contribution in [0.5, 0.6) is 5.75 Å². The van der Waals surface area contributed by atoms with E-state index in [-0.39, 0.29) is 6.61 Å². The normalized spacial score (nSPS) is 10.5. The van der Waals surface area contributed by atoms with Crippen molar-refractivity contribution in [2.75, 3.05) is 23.8 Å². The van der Waals surface area contributed by atoms with Gasteiger partial charge in [-0.2, -0.15) is 0 Å². The Bertz CT molecular complexity index is 834. The molecule has 0 unspecified atom stereocenters. The number of rotatable bonds is 8. The summed E-state index contributed by atoms with van der Waals surface area (Å²) in [5.74, 6) is -0.275. The molecule has 0 saturated heterocycles. The van der Waals surface area contributed by atoms with Crippen LogP contribution >= 0.6 is 0 Å². The third kappa shape index (κ3) is 6.47. The van der Waals surface area contributed by atoms with E-state index in [1.165, 1.54) is 0 Å². The van der Waals surface area contributed by atoms with E-state index in [4.69, 9.17) is 9.57 Å². The van der Waals surface area contributed by atoms with Crippen LogP contribution in [0.15, 0.2) is 47.6 Å². The number of para-hydroxylation sites is 2. The molecule has 2 N–H and O–H groups in total. The summed E-state index contributed by atoms with van der Waals surface area (Å²) >= 11 is 0. The van der Waals surface area contributed by atoms with E-state index >= 15 is 0 Å². The van der Waals surface area contributed by atoms with Gasteiger partial charge in [0.05, 0.1) is 12.3 Å². The Hall–Kier alpha value is -3.35. The monoisotopic (exact) mass is 369 g/mol. The maximum Gasteiger partial charge on any atom is 0.270 e. The van der Waals surface area contributed by atoms with E-state index in [9.17, 15) is 9.59 Å². The molecule has 0 aliphatic rings. The van der Waals surface area contributed by atoms with Crippen molar-refractivity contribution in [1.82, 2.24) is 0 Å². The molecule has 0 aromatic heterocycles. The summed E-state index contributed by atoms with van der Waals surface area (Å²) in [7, 11) is 0. The summed E-state index contributed by atoms with van der Waals surface area (Å²) in [6.07, 6.45) is 0.987. The first-order valence-corrected chi connectivity index (χ1v) is 8.55. The Labute approximate surface area is 158 Å². The van der Waals surface area contributed by atoms with Crippen LogP contribution < -0.4 is 15.4 Å². The van der Waals surface area contributed by atoms with E-state index < -0.39 is 11.8 Å². The van der Waals surface area contributed by atoms with Crippen LogP contribution in [0.25, 0.3) is 0 Å². The Kier molecular flexibility index (Phi) is 7.37. The Balaban J connectivity index is 1.79. The van der Waals surface area contributed by atoms with Crippen molar-refractivity contribution in [3.63, 3.8) is 0 Å². The predicted octanol–water partition coefficient (Wildman–Crippen LogP) is 3.28. The lowest BCUT2D eigenvalue weighted by Gasteiger charge is -2.10. The van der Waals surface area contributed by atoms with Gasteiger partial charge in [0.2, 0.25) is 0 Å². The number of carbonyl (C=O) groups is 2. The highest BCUT2D eigenvalue weighted by Crippen LogP contribution is 2.23. The minimum Gasteiger partial charge on any atom is -0.492 e. The second-order valence-electron chi connectivity index (χ2n) is 5.79. The number of nitrogens with zero attached hydrogens (tertiary/aromatic N) is 1. The zero-order chi connectivity index (χ0) is 19.6. The summed E-state index contributed by atoms with van der Waals surface area (Å²) in [5.41, 5.74) is 3.30. The van der Waals surface area contributed by atoms with Gasteiger partial charge in [-0.1, -0.05) is 35.0 Å². The number of hydrogen-bond donors (Lipinski definition) is 2. The molecule has 2 aromatic carbocycles. The van der Waals surface area contributed by atoms with E-state index in [1.807, 2.05) is 45.0 Å². The van der Waals surface area contributed by atoms with Crippen molar-refractivity contribution in [3.8, 4) is 5.75 Å². The van der Waals surface area contributed by atoms with E-state index in [0.717, 1.165) is 17.3 Å². The van der Waals surface area contributed by atoms with Gasteiger partial charge in [-0.25, -0.2) is 0 Å². The van der Waals surface area contributed by atoms with Crippen LogP contribution in [0, 0.1) is 13.8 Å². The number of nitrogens with one attached hydrogen (secondary N) is 2. The van der Waals surface area contributed by atoms with Gasteiger partial charge in [-0.3, -0.25) is 9.59 Å². The standard InChI is InChI=1S/C20H23N3O4/c1-4-26-18-8-6-5-7-17(18)23-20(25)13-27-21-12-19(24)22-16-10-9-14(2)11-15(16)3/h5-12H,4,13H2,1-3H3,(H,22,24)(H,23,25)/b21-12-. The summed E-state index contributed by atoms with van der Waals surface area (Å²) in [6, 6.07) is 12.8. The van der Waals surface area contributed by atoms with Gasteiger partial charge in [0.15, 0.2) is 6.61 Å². The second kappa shape index (κ2) is 9.96. The Morgan fingerprint density at radius 3 is 2.59 bits per heavy atom. The molecule has 0 fully saturated rings. The molecule has 0 bridgehead atoms. The minimum atomic E-state index is -0.441. The van der Waals surface area contributed by atoms with Crippen molar-refractivity contribution >= 4 is 29.4 Å². The fraction of sp³-hybridized carbons (Fsp3) is 0.250. The van der Waals surface area contributed by atoms with Crippen LogP contribution in [0.3, 0.4) is 0 Å². The molecule has 0 aliphatic carbocycles. The van der Waals surface area contributed by atoms with Crippen LogP contribution in [0.4, 0.5) is 11.4 Å². The molecule has 2 aromatic rings. The Morgan fingerprint density at radius 1 is 1.07 bits per heavy atom. The molecule has 2 amide bonds. The number of hydrogen-bond acceptors (Lipinski definition) is 5. The molecule has 2 rings (SSSR count). The average Bonchev–Trinajstić information content (AvgIpc) is 2.63. The number of oxime groups is 1. The van der Waals surface area contributed by atoms with Gasteiger partial charge in [0, 0.05) is 5.69 Å². The first-order valence-electron chi connectivity index (χ1n) is 8.55. The molecule has 0 atom stereocenters. The highest BCUT2D eigenvalue weighted by Gasteiger charge is 2.08. The molecule has 142 valence electrons. The number of anilines is 2. The summed E-state index contributed by atoms with van der Waals surface area (Å²) < 4.78 is 5.43. The summed E-state index contributed by atoms with van der Waals surface area (Å²) in [5, 5.41) is 8.90. The topological polar surface area (TPSA) is 89.0 Å². The molecular weight excluding hydrogens is 346 g/mol. The van der Waals surface area contributed by atoms with Crippen molar-refractivity contribution in [2.45, 2.75) is 20.8 Å². The van der Waals surface area contributed by atoms with Gasteiger partial charge in [-0.15, -0.1) is 0 Å². The van der Waals surface area contributed by atoms with Gasteiger partial charge >= 0.3 is 0 Å². The van der Waals surface area contributed by atoms with Crippen molar-refractivity contribution in [1.29, 1.82) is 0 Å². The lowest BCUT2D eigenvalue weighted by molar-refractivity contribution is -0.120. The number of ether oxygens (including phenoxy) is 1. The van der Waals surface area contributed by atoms with E-state index in [0.29, 0.717) is 23.7 Å². The number of aryl methyl sites for hydroxylation is 2. The number of benzene rings is 2. The van der Waals surface area contributed by atoms with Crippen molar-refractivity contribution < 1.29 is 19.2 Å². The SMILES string of the molecule is CCOc1ccccc1NC(=O)CO/N=C\C(=O)Nc1ccc(C)cc1C. The molecule has 0 spiro atoms. The largest absolute Gasteiger partial charge is 0.492 e.